The molecule has 2 aromatic carbocycles. The van der Waals surface area contributed by atoms with Crippen LogP contribution in [0.2, 0.25) is 0 Å². The average Bonchev–Trinajstić information content (AvgIpc) is 2.66. The van der Waals surface area contributed by atoms with Crippen molar-refractivity contribution in [3.63, 3.8) is 0 Å². The van der Waals surface area contributed by atoms with Gasteiger partial charge in [-0.15, -0.1) is 0 Å². The van der Waals surface area contributed by atoms with Crippen LogP contribution in [0.15, 0.2) is 54.6 Å². The van der Waals surface area contributed by atoms with E-state index in [1.165, 1.54) is 0 Å². The Labute approximate surface area is 153 Å². The smallest absolute Gasteiger partial charge is 0.249 e. The minimum Gasteiger partial charge on any atom is -0.508 e. The first-order valence-corrected chi connectivity index (χ1v) is 9.03. The van der Waals surface area contributed by atoms with Gasteiger partial charge in [-0.1, -0.05) is 42.5 Å². The van der Waals surface area contributed by atoms with Crippen LogP contribution < -0.4 is 0 Å². The summed E-state index contributed by atoms with van der Waals surface area (Å²) in [5.74, 6) is 0.323. The molecule has 2 aromatic rings. The lowest BCUT2D eigenvalue weighted by molar-refractivity contribution is -0.183. The number of phenolic OH excluding ortho intramolecular Hbond substituents is 1. The highest BCUT2D eigenvalue weighted by Crippen LogP contribution is 2.42. The van der Waals surface area contributed by atoms with E-state index in [-0.39, 0.29) is 24.4 Å². The van der Waals surface area contributed by atoms with Crippen molar-refractivity contribution in [2.75, 3.05) is 26.7 Å². The van der Waals surface area contributed by atoms with E-state index < -0.39 is 5.54 Å². The highest BCUT2D eigenvalue weighted by molar-refractivity contribution is 5.79. The number of carbonyl (C=O) groups excluding carboxylic acids is 1. The topological polar surface area (TPSA) is 53.0 Å². The zero-order chi connectivity index (χ0) is 18.1. The van der Waals surface area contributed by atoms with Crippen molar-refractivity contribution < 1.29 is 14.6 Å². The van der Waals surface area contributed by atoms with Gasteiger partial charge in [-0.05, 0) is 29.7 Å². The Morgan fingerprint density at radius 1 is 1.19 bits per heavy atom. The molecule has 0 radical (unpaired) electrons. The normalized spacial score (nSPS) is 26.6. The predicted molar refractivity (Wildman–Crippen MR) is 98.6 cm³/mol. The molecule has 2 aliphatic heterocycles. The number of carbonyl (C=O) groups is 1. The molecule has 0 unspecified atom stereocenters. The Hall–Kier alpha value is -2.37. The van der Waals surface area contributed by atoms with Gasteiger partial charge in [0.1, 0.15) is 12.4 Å². The number of piperidine rings is 1. The average molecular weight is 352 g/mol. The summed E-state index contributed by atoms with van der Waals surface area (Å²) < 4.78 is 6.03. The number of hydrogen-bond donors (Lipinski definition) is 1. The van der Waals surface area contributed by atoms with Crippen LogP contribution >= 0.6 is 0 Å². The minimum atomic E-state index is -0.411. The fourth-order valence-electron chi connectivity index (χ4n) is 4.34. The summed E-state index contributed by atoms with van der Waals surface area (Å²) in [7, 11) is 1.90. The van der Waals surface area contributed by atoms with E-state index in [1.807, 2.05) is 42.3 Å². The summed E-state index contributed by atoms with van der Waals surface area (Å²) in [6, 6.07) is 17.6. The number of ether oxygens (including phenoxy) is 1. The Bertz CT molecular complexity index is 795. The van der Waals surface area contributed by atoms with Crippen molar-refractivity contribution in [3.8, 4) is 5.75 Å². The second-order valence-electron chi connectivity index (χ2n) is 7.20. The van der Waals surface area contributed by atoms with Crippen molar-refractivity contribution in [2.45, 2.75) is 24.6 Å². The van der Waals surface area contributed by atoms with Gasteiger partial charge >= 0.3 is 0 Å². The Balaban J connectivity index is 1.60. The molecule has 0 aromatic heterocycles. The van der Waals surface area contributed by atoms with Crippen LogP contribution in [0.3, 0.4) is 0 Å². The van der Waals surface area contributed by atoms with Crippen LogP contribution in [0.1, 0.15) is 17.5 Å². The van der Waals surface area contributed by atoms with Crippen LogP contribution in [0.5, 0.6) is 5.75 Å². The maximum Gasteiger partial charge on any atom is 0.249 e. The maximum absolute atomic E-state index is 12.4. The van der Waals surface area contributed by atoms with E-state index in [2.05, 4.69) is 17.0 Å². The highest BCUT2D eigenvalue weighted by Gasteiger charge is 2.52. The van der Waals surface area contributed by atoms with Crippen LogP contribution in [0.25, 0.3) is 0 Å². The molecule has 1 N–H and O–H groups in total. The SMILES string of the molecule is CN1C(=O)CO[C@@H]2CN(Cc3cccc(O)c3)CC[C@]21c1ccccc1. The molecule has 0 saturated carbocycles. The summed E-state index contributed by atoms with van der Waals surface area (Å²) in [6.07, 6.45) is 0.751. The number of benzene rings is 2. The molecule has 136 valence electrons. The summed E-state index contributed by atoms with van der Waals surface area (Å²) in [5.41, 5.74) is 1.81. The van der Waals surface area contributed by atoms with Gasteiger partial charge in [0.2, 0.25) is 5.91 Å². The number of amides is 1. The molecule has 5 heteroatoms. The fourth-order valence-corrected chi connectivity index (χ4v) is 4.34. The molecule has 26 heavy (non-hydrogen) atoms. The lowest BCUT2D eigenvalue weighted by atomic mass is 9.76. The molecule has 0 aliphatic carbocycles. The summed E-state index contributed by atoms with van der Waals surface area (Å²) in [6.45, 7) is 2.51. The summed E-state index contributed by atoms with van der Waals surface area (Å²) >= 11 is 0. The lowest BCUT2D eigenvalue weighted by Crippen LogP contribution is -2.66. The maximum atomic E-state index is 12.4. The molecule has 4 rings (SSSR count). The molecule has 2 saturated heterocycles. The third kappa shape index (κ3) is 2.87. The zero-order valence-corrected chi connectivity index (χ0v) is 15.0. The van der Waals surface area contributed by atoms with Crippen LogP contribution in [0, 0.1) is 0 Å². The van der Waals surface area contributed by atoms with E-state index >= 15 is 0 Å². The van der Waals surface area contributed by atoms with Crippen molar-refractivity contribution in [3.05, 3.63) is 65.7 Å². The third-order valence-corrected chi connectivity index (χ3v) is 5.74. The van der Waals surface area contributed by atoms with Crippen LogP contribution in [-0.4, -0.2) is 53.7 Å². The third-order valence-electron chi connectivity index (χ3n) is 5.74. The molecule has 2 atom stereocenters. The van der Waals surface area contributed by atoms with E-state index in [0.29, 0.717) is 0 Å². The van der Waals surface area contributed by atoms with Gasteiger partial charge in [0, 0.05) is 26.7 Å². The molecular weight excluding hydrogens is 328 g/mol. The summed E-state index contributed by atoms with van der Waals surface area (Å²) in [5, 5.41) is 9.70. The van der Waals surface area contributed by atoms with Crippen LogP contribution in [-0.2, 0) is 21.6 Å². The largest absolute Gasteiger partial charge is 0.508 e. The van der Waals surface area contributed by atoms with E-state index in [9.17, 15) is 9.90 Å². The molecule has 2 fully saturated rings. The Morgan fingerprint density at radius 3 is 2.77 bits per heavy atom. The van der Waals surface area contributed by atoms with Crippen LogP contribution in [0.4, 0.5) is 0 Å². The first kappa shape index (κ1) is 17.1. The minimum absolute atomic E-state index is 0.0338. The molecule has 1 amide bonds. The monoisotopic (exact) mass is 352 g/mol. The summed E-state index contributed by atoms with van der Waals surface area (Å²) in [4.78, 5) is 16.6. The number of rotatable bonds is 3. The number of hydrogen-bond acceptors (Lipinski definition) is 4. The van der Waals surface area contributed by atoms with Crippen molar-refractivity contribution in [2.24, 2.45) is 0 Å². The van der Waals surface area contributed by atoms with Gasteiger partial charge < -0.3 is 14.7 Å². The first-order valence-electron chi connectivity index (χ1n) is 9.03. The number of likely N-dealkylation sites (tertiary alicyclic amines) is 1. The number of fused-ring (bicyclic) bond motifs is 1. The van der Waals surface area contributed by atoms with E-state index in [0.717, 1.165) is 37.2 Å². The van der Waals surface area contributed by atoms with Gasteiger partial charge in [0.25, 0.3) is 0 Å². The number of likely N-dealkylation sites (N-methyl/N-ethyl adjacent to an activating group) is 1. The lowest BCUT2D eigenvalue weighted by Gasteiger charge is -2.55. The molecule has 0 bridgehead atoms. The molecule has 0 spiro atoms. The standard InChI is InChI=1S/C21H24N2O3/c1-22-20(25)15-26-19-14-23(13-16-6-5-9-18(24)12-16)11-10-21(19,22)17-7-3-2-4-8-17/h2-9,12,19,24H,10-11,13-15H2,1H3/t19-,21+/m1/s1. The predicted octanol–water partition coefficient (Wildman–Crippen LogP) is 2.35. The number of nitrogens with zero attached hydrogens (tertiary/aromatic N) is 2. The first-order chi connectivity index (χ1) is 12.6. The molecule has 2 aliphatic rings. The van der Waals surface area contributed by atoms with Gasteiger partial charge in [0.05, 0.1) is 11.6 Å². The molecule has 5 nitrogen and oxygen atoms in total. The Morgan fingerprint density at radius 2 is 2.00 bits per heavy atom. The van der Waals surface area contributed by atoms with Crippen molar-refractivity contribution >= 4 is 5.91 Å². The second-order valence-corrected chi connectivity index (χ2v) is 7.20. The number of aromatic hydroxyl groups is 1. The molecular formula is C21H24N2O3. The highest BCUT2D eigenvalue weighted by atomic mass is 16.5. The molecule has 2 heterocycles. The second kappa shape index (κ2) is 6.74. The van der Waals surface area contributed by atoms with Crippen molar-refractivity contribution in [1.29, 1.82) is 0 Å². The fraction of sp³-hybridized carbons (Fsp3) is 0.381. The van der Waals surface area contributed by atoms with Gasteiger partial charge in [0.15, 0.2) is 0 Å². The van der Waals surface area contributed by atoms with Gasteiger partial charge in [-0.3, -0.25) is 9.69 Å². The number of phenols is 1. The Kier molecular flexibility index (Phi) is 4.42. The quantitative estimate of drug-likeness (QED) is 0.921. The zero-order valence-electron chi connectivity index (χ0n) is 15.0. The van der Waals surface area contributed by atoms with E-state index in [1.54, 1.807) is 12.1 Å². The van der Waals surface area contributed by atoms with Gasteiger partial charge in [-0.25, -0.2) is 0 Å². The van der Waals surface area contributed by atoms with E-state index in [4.69, 9.17) is 4.74 Å². The number of morpholine rings is 1. The van der Waals surface area contributed by atoms with Crippen molar-refractivity contribution in [1.82, 2.24) is 9.80 Å². The van der Waals surface area contributed by atoms with Gasteiger partial charge in [-0.2, -0.15) is 0 Å².